The van der Waals surface area contributed by atoms with Crippen molar-refractivity contribution in [2.75, 3.05) is 5.32 Å². The van der Waals surface area contributed by atoms with Crippen LogP contribution >= 0.6 is 0 Å². The second-order valence-corrected chi connectivity index (χ2v) is 6.81. The largest absolute Gasteiger partial charge is 0.360 e. The van der Waals surface area contributed by atoms with Gasteiger partial charge in [0.1, 0.15) is 5.76 Å². The fraction of sp³-hybridized carbons (Fsp3) is 0.389. The SMILES string of the molecule is Cc1cc(NC(=O)C(=O)NC2CCC(C)(C)c3ccccc32)no1. The third kappa shape index (κ3) is 3.18. The molecule has 0 aliphatic heterocycles. The molecule has 0 saturated carbocycles. The number of carbonyl (C=O) groups excluding carboxylic acids is 2. The molecular weight excluding hydrogens is 306 g/mol. The molecule has 0 bridgehead atoms. The normalized spacial score (nSPS) is 18.5. The average Bonchev–Trinajstić information content (AvgIpc) is 2.95. The second kappa shape index (κ2) is 6.11. The number of amides is 2. The second-order valence-electron chi connectivity index (χ2n) is 6.81. The number of fused-ring (bicyclic) bond motifs is 1. The molecule has 3 rings (SSSR count). The number of anilines is 1. The molecule has 1 heterocycles. The average molecular weight is 327 g/mol. The van der Waals surface area contributed by atoms with Gasteiger partial charge in [-0.1, -0.05) is 43.3 Å². The highest BCUT2D eigenvalue weighted by molar-refractivity contribution is 6.39. The first-order chi connectivity index (χ1) is 11.4. The van der Waals surface area contributed by atoms with E-state index >= 15 is 0 Å². The van der Waals surface area contributed by atoms with Crippen molar-refractivity contribution in [1.29, 1.82) is 0 Å². The van der Waals surface area contributed by atoms with Crippen LogP contribution in [-0.2, 0) is 15.0 Å². The predicted molar refractivity (Wildman–Crippen MR) is 89.5 cm³/mol. The van der Waals surface area contributed by atoms with Gasteiger partial charge in [-0.25, -0.2) is 0 Å². The first kappa shape index (κ1) is 16.2. The van der Waals surface area contributed by atoms with Crippen molar-refractivity contribution < 1.29 is 14.1 Å². The molecule has 1 aliphatic rings. The summed E-state index contributed by atoms with van der Waals surface area (Å²) >= 11 is 0. The van der Waals surface area contributed by atoms with Gasteiger partial charge in [-0.3, -0.25) is 14.9 Å². The van der Waals surface area contributed by atoms with Gasteiger partial charge in [-0.05, 0) is 36.3 Å². The third-order valence-electron chi connectivity index (χ3n) is 4.50. The molecule has 2 amide bonds. The fourth-order valence-electron chi connectivity index (χ4n) is 3.18. The van der Waals surface area contributed by atoms with Gasteiger partial charge in [0.2, 0.25) is 0 Å². The van der Waals surface area contributed by atoms with Crippen LogP contribution in [0.2, 0.25) is 0 Å². The fourth-order valence-corrected chi connectivity index (χ4v) is 3.18. The summed E-state index contributed by atoms with van der Waals surface area (Å²) in [6.45, 7) is 6.11. The van der Waals surface area contributed by atoms with Gasteiger partial charge in [-0.15, -0.1) is 0 Å². The van der Waals surface area contributed by atoms with Crippen molar-refractivity contribution in [3.63, 3.8) is 0 Å². The van der Waals surface area contributed by atoms with E-state index in [4.69, 9.17) is 4.52 Å². The third-order valence-corrected chi connectivity index (χ3v) is 4.50. The summed E-state index contributed by atoms with van der Waals surface area (Å²) in [5, 5.41) is 8.92. The summed E-state index contributed by atoms with van der Waals surface area (Å²) < 4.78 is 4.87. The van der Waals surface area contributed by atoms with Crippen molar-refractivity contribution in [2.45, 2.75) is 45.1 Å². The van der Waals surface area contributed by atoms with Crippen LogP contribution in [0, 0.1) is 6.92 Å². The van der Waals surface area contributed by atoms with Crippen molar-refractivity contribution in [2.24, 2.45) is 0 Å². The molecule has 6 heteroatoms. The van der Waals surface area contributed by atoms with Crippen LogP contribution in [0.5, 0.6) is 0 Å². The van der Waals surface area contributed by atoms with Crippen LogP contribution in [0.1, 0.15) is 49.6 Å². The molecule has 126 valence electrons. The van der Waals surface area contributed by atoms with Crippen LogP contribution in [0.4, 0.5) is 5.82 Å². The highest BCUT2D eigenvalue weighted by Crippen LogP contribution is 2.41. The summed E-state index contributed by atoms with van der Waals surface area (Å²) in [4.78, 5) is 24.2. The molecule has 2 aromatic rings. The molecule has 0 radical (unpaired) electrons. The van der Waals surface area contributed by atoms with Crippen molar-refractivity contribution in [3.8, 4) is 0 Å². The zero-order valence-electron chi connectivity index (χ0n) is 14.1. The first-order valence-corrected chi connectivity index (χ1v) is 8.01. The van der Waals surface area contributed by atoms with E-state index in [1.807, 2.05) is 18.2 Å². The molecule has 1 aromatic carbocycles. The number of aryl methyl sites for hydroxylation is 1. The Kier molecular flexibility index (Phi) is 4.13. The lowest BCUT2D eigenvalue weighted by molar-refractivity contribution is -0.136. The number of hydrogen-bond acceptors (Lipinski definition) is 4. The lowest BCUT2D eigenvalue weighted by atomic mass is 9.71. The van der Waals surface area contributed by atoms with E-state index in [2.05, 4.69) is 35.7 Å². The van der Waals surface area contributed by atoms with Crippen LogP contribution in [0.15, 0.2) is 34.9 Å². The Morgan fingerprint density at radius 1 is 1.25 bits per heavy atom. The molecule has 6 nitrogen and oxygen atoms in total. The Labute approximate surface area is 140 Å². The molecular formula is C18H21N3O3. The minimum Gasteiger partial charge on any atom is -0.360 e. The first-order valence-electron chi connectivity index (χ1n) is 8.01. The van der Waals surface area contributed by atoms with Crippen molar-refractivity contribution in [3.05, 3.63) is 47.2 Å². The summed E-state index contributed by atoms with van der Waals surface area (Å²) in [7, 11) is 0. The van der Waals surface area contributed by atoms with Crippen molar-refractivity contribution in [1.82, 2.24) is 10.5 Å². The molecule has 1 aliphatic carbocycles. The Morgan fingerprint density at radius 3 is 2.71 bits per heavy atom. The summed E-state index contributed by atoms with van der Waals surface area (Å²) in [6, 6.07) is 9.46. The topological polar surface area (TPSA) is 84.2 Å². The number of carbonyl (C=O) groups is 2. The number of hydrogen-bond donors (Lipinski definition) is 2. The van der Waals surface area contributed by atoms with Gasteiger partial charge < -0.3 is 9.84 Å². The Morgan fingerprint density at radius 2 is 2.00 bits per heavy atom. The molecule has 24 heavy (non-hydrogen) atoms. The van der Waals surface area contributed by atoms with Gasteiger partial charge >= 0.3 is 11.8 Å². The van der Waals surface area contributed by atoms with Gasteiger partial charge in [0, 0.05) is 6.07 Å². The Hall–Kier alpha value is -2.63. The lowest BCUT2D eigenvalue weighted by Crippen LogP contribution is -2.41. The van der Waals surface area contributed by atoms with E-state index in [9.17, 15) is 9.59 Å². The summed E-state index contributed by atoms with van der Waals surface area (Å²) in [5.74, 6) is -0.618. The summed E-state index contributed by atoms with van der Waals surface area (Å²) in [5.41, 5.74) is 2.36. The van der Waals surface area contributed by atoms with Crippen LogP contribution < -0.4 is 10.6 Å². The van der Waals surface area contributed by atoms with E-state index in [1.165, 1.54) is 5.56 Å². The lowest BCUT2D eigenvalue weighted by Gasteiger charge is -2.37. The van der Waals surface area contributed by atoms with Gasteiger partial charge in [0.05, 0.1) is 6.04 Å². The summed E-state index contributed by atoms with van der Waals surface area (Å²) in [6.07, 6.45) is 1.74. The van der Waals surface area contributed by atoms with Gasteiger partial charge in [-0.2, -0.15) is 0 Å². The Balaban J connectivity index is 1.72. The number of rotatable bonds is 2. The van der Waals surface area contributed by atoms with E-state index in [0.29, 0.717) is 5.76 Å². The van der Waals surface area contributed by atoms with Crippen LogP contribution in [-0.4, -0.2) is 17.0 Å². The highest BCUT2D eigenvalue weighted by atomic mass is 16.5. The van der Waals surface area contributed by atoms with Gasteiger partial charge in [0.15, 0.2) is 5.82 Å². The zero-order chi connectivity index (χ0) is 17.3. The molecule has 1 atom stereocenters. The van der Waals surface area contributed by atoms with Crippen LogP contribution in [0.25, 0.3) is 0 Å². The van der Waals surface area contributed by atoms with E-state index in [1.54, 1.807) is 13.0 Å². The van der Waals surface area contributed by atoms with Gasteiger partial charge in [0.25, 0.3) is 0 Å². The minimum atomic E-state index is -0.745. The molecule has 0 saturated heterocycles. The quantitative estimate of drug-likeness (QED) is 0.831. The van der Waals surface area contributed by atoms with E-state index < -0.39 is 11.8 Å². The van der Waals surface area contributed by atoms with Crippen molar-refractivity contribution >= 4 is 17.6 Å². The molecule has 1 aromatic heterocycles. The number of benzene rings is 1. The maximum Gasteiger partial charge on any atom is 0.314 e. The van der Waals surface area contributed by atoms with E-state index in [-0.39, 0.29) is 17.3 Å². The number of aromatic nitrogens is 1. The molecule has 0 spiro atoms. The minimum absolute atomic E-state index is 0.0678. The number of nitrogens with one attached hydrogen (secondary N) is 2. The maximum absolute atomic E-state index is 12.2. The molecule has 1 unspecified atom stereocenters. The standard InChI is InChI=1S/C18H21N3O3/c1-11-10-15(21-24-11)20-17(23)16(22)19-14-8-9-18(2,3)13-7-5-4-6-12(13)14/h4-7,10,14H,8-9H2,1-3H3,(H,19,22)(H,20,21,23). The Bertz CT molecular complexity index is 779. The predicted octanol–water partition coefficient (Wildman–Crippen LogP) is 2.85. The highest BCUT2D eigenvalue weighted by Gasteiger charge is 2.33. The monoisotopic (exact) mass is 327 g/mol. The van der Waals surface area contributed by atoms with E-state index in [0.717, 1.165) is 18.4 Å². The zero-order valence-corrected chi connectivity index (χ0v) is 14.1. The maximum atomic E-state index is 12.2. The van der Waals surface area contributed by atoms with Crippen LogP contribution in [0.3, 0.4) is 0 Å². The molecule has 0 fully saturated rings. The smallest absolute Gasteiger partial charge is 0.314 e. The number of nitrogens with zero attached hydrogens (tertiary/aromatic N) is 1. The molecule has 2 N–H and O–H groups in total.